The van der Waals surface area contributed by atoms with E-state index in [1.807, 2.05) is 10.9 Å². The predicted molar refractivity (Wildman–Crippen MR) is 78.5 cm³/mol. The summed E-state index contributed by atoms with van der Waals surface area (Å²) in [7, 11) is 0. The van der Waals surface area contributed by atoms with Crippen molar-refractivity contribution in [2.75, 3.05) is 18.0 Å². The van der Waals surface area contributed by atoms with Gasteiger partial charge >= 0.3 is 0 Å². The highest BCUT2D eigenvalue weighted by Gasteiger charge is 2.40. The van der Waals surface area contributed by atoms with Crippen LogP contribution in [0.1, 0.15) is 46.0 Å². The average molecular weight is 262 g/mol. The van der Waals surface area contributed by atoms with Gasteiger partial charge in [0.2, 0.25) is 0 Å². The highest BCUT2D eigenvalue weighted by atomic mass is 15.3. The summed E-state index contributed by atoms with van der Waals surface area (Å²) in [5, 5.41) is 8.30. The van der Waals surface area contributed by atoms with E-state index in [1.165, 1.54) is 37.8 Å². The van der Waals surface area contributed by atoms with Gasteiger partial charge in [0, 0.05) is 37.4 Å². The van der Waals surface area contributed by atoms with E-state index >= 15 is 0 Å². The first kappa shape index (κ1) is 13.0. The van der Waals surface area contributed by atoms with E-state index in [-0.39, 0.29) is 0 Å². The lowest BCUT2D eigenvalue weighted by Crippen LogP contribution is -2.63. The number of rotatable bonds is 3. The van der Waals surface area contributed by atoms with Gasteiger partial charge in [-0.2, -0.15) is 5.10 Å². The monoisotopic (exact) mass is 262 g/mol. The third-order valence-corrected chi connectivity index (χ3v) is 4.93. The number of hydrogen-bond acceptors (Lipinski definition) is 3. The first-order valence-corrected chi connectivity index (χ1v) is 7.80. The molecule has 1 atom stereocenters. The lowest BCUT2D eigenvalue weighted by atomic mass is 9.91. The Hall–Kier alpha value is -1.03. The molecule has 4 heteroatoms. The predicted octanol–water partition coefficient (Wildman–Crippen LogP) is 2.40. The van der Waals surface area contributed by atoms with Crippen LogP contribution in [0.25, 0.3) is 0 Å². The number of aryl methyl sites for hydroxylation is 1. The van der Waals surface area contributed by atoms with Gasteiger partial charge in [0.05, 0.1) is 11.9 Å². The average Bonchev–Trinajstić information content (AvgIpc) is 3.08. The fraction of sp³-hybridized carbons (Fsp3) is 0.800. The van der Waals surface area contributed by atoms with Crippen LogP contribution in [0.2, 0.25) is 0 Å². The van der Waals surface area contributed by atoms with Gasteiger partial charge in [0.25, 0.3) is 0 Å². The number of hydrogen-bond donors (Lipinski definition) is 1. The Bertz CT molecular complexity index is 420. The van der Waals surface area contributed by atoms with Gasteiger partial charge < -0.3 is 10.2 Å². The summed E-state index contributed by atoms with van der Waals surface area (Å²) < 4.78 is 2.03. The number of nitrogens with one attached hydrogen (secondary N) is 1. The second-order valence-corrected chi connectivity index (χ2v) is 6.11. The van der Waals surface area contributed by atoms with Crippen molar-refractivity contribution < 1.29 is 0 Å². The minimum atomic E-state index is 0.375. The minimum Gasteiger partial charge on any atom is -0.363 e. The molecule has 0 aromatic carbocycles. The van der Waals surface area contributed by atoms with Crippen molar-refractivity contribution in [2.24, 2.45) is 0 Å². The summed E-state index contributed by atoms with van der Waals surface area (Å²) in [4.78, 5) is 2.60. The molecule has 1 aliphatic carbocycles. The third kappa shape index (κ3) is 2.38. The molecule has 4 nitrogen and oxygen atoms in total. The van der Waals surface area contributed by atoms with E-state index < -0.39 is 0 Å². The number of anilines is 1. The van der Waals surface area contributed by atoms with Crippen LogP contribution in [0.3, 0.4) is 0 Å². The molecule has 1 aromatic heterocycles. The van der Waals surface area contributed by atoms with Gasteiger partial charge in [-0.15, -0.1) is 0 Å². The Balaban J connectivity index is 1.82. The van der Waals surface area contributed by atoms with E-state index in [1.54, 1.807) is 0 Å². The van der Waals surface area contributed by atoms with Gasteiger partial charge in [-0.25, -0.2) is 0 Å². The molecule has 1 unspecified atom stereocenters. The highest BCUT2D eigenvalue weighted by molar-refractivity contribution is 5.45. The number of piperazine rings is 1. The van der Waals surface area contributed by atoms with Crippen molar-refractivity contribution >= 4 is 5.69 Å². The van der Waals surface area contributed by atoms with E-state index in [2.05, 4.69) is 35.4 Å². The molecular formula is C15H26N4. The molecule has 2 aliphatic rings. The quantitative estimate of drug-likeness (QED) is 0.908. The molecule has 1 aromatic rings. The molecule has 2 fully saturated rings. The van der Waals surface area contributed by atoms with Gasteiger partial charge in [-0.05, 0) is 26.2 Å². The summed E-state index contributed by atoms with van der Waals surface area (Å²) in [6.07, 6.45) is 10.9. The molecule has 1 saturated carbocycles. The zero-order valence-electron chi connectivity index (χ0n) is 12.2. The van der Waals surface area contributed by atoms with E-state index in [0.717, 1.165) is 19.6 Å². The fourth-order valence-corrected chi connectivity index (χ4v) is 3.68. The summed E-state index contributed by atoms with van der Waals surface area (Å²) in [6.45, 7) is 7.66. The van der Waals surface area contributed by atoms with Crippen molar-refractivity contribution in [3.8, 4) is 0 Å². The SMILES string of the molecule is CCC1CNC2(CCCC2)CN1c1cnn(CC)c1. The van der Waals surface area contributed by atoms with E-state index in [4.69, 9.17) is 0 Å². The van der Waals surface area contributed by atoms with Crippen LogP contribution in [0.4, 0.5) is 5.69 Å². The molecule has 0 radical (unpaired) electrons. The molecule has 1 aliphatic heterocycles. The smallest absolute Gasteiger partial charge is 0.0756 e. The topological polar surface area (TPSA) is 33.1 Å². The maximum atomic E-state index is 4.45. The Kier molecular flexibility index (Phi) is 3.52. The Morgan fingerprint density at radius 2 is 2.16 bits per heavy atom. The zero-order chi connectivity index (χ0) is 13.3. The van der Waals surface area contributed by atoms with Gasteiger partial charge in [0.1, 0.15) is 0 Å². The van der Waals surface area contributed by atoms with Crippen LogP contribution in [-0.2, 0) is 6.54 Å². The Labute approximate surface area is 116 Å². The van der Waals surface area contributed by atoms with Crippen LogP contribution >= 0.6 is 0 Å². The zero-order valence-corrected chi connectivity index (χ0v) is 12.2. The van der Waals surface area contributed by atoms with E-state index in [9.17, 15) is 0 Å². The second kappa shape index (κ2) is 5.16. The van der Waals surface area contributed by atoms with Crippen molar-refractivity contribution in [1.29, 1.82) is 0 Å². The molecule has 0 bridgehead atoms. The van der Waals surface area contributed by atoms with E-state index in [0.29, 0.717) is 11.6 Å². The molecule has 1 spiro atoms. The molecule has 3 rings (SSSR count). The lowest BCUT2D eigenvalue weighted by Gasteiger charge is -2.47. The first-order chi connectivity index (χ1) is 9.26. The third-order valence-electron chi connectivity index (χ3n) is 4.93. The van der Waals surface area contributed by atoms with Gasteiger partial charge in [0.15, 0.2) is 0 Å². The molecular weight excluding hydrogens is 236 g/mol. The lowest BCUT2D eigenvalue weighted by molar-refractivity contribution is 0.267. The second-order valence-electron chi connectivity index (χ2n) is 6.11. The Morgan fingerprint density at radius 1 is 1.37 bits per heavy atom. The van der Waals surface area contributed by atoms with Gasteiger partial charge in [-0.1, -0.05) is 19.8 Å². The molecule has 0 amide bonds. The Morgan fingerprint density at radius 3 is 2.79 bits per heavy atom. The van der Waals surface area contributed by atoms with Crippen LogP contribution in [-0.4, -0.2) is 34.5 Å². The van der Waals surface area contributed by atoms with Crippen LogP contribution in [0.5, 0.6) is 0 Å². The molecule has 1 saturated heterocycles. The van der Waals surface area contributed by atoms with Crippen LogP contribution in [0, 0.1) is 0 Å². The number of aromatic nitrogens is 2. The first-order valence-electron chi connectivity index (χ1n) is 7.80. The maximum Gasteiger partial charge on any atom is 0.0756 e. The molecule has 2 heterocycles. The van der Waals surface area contributed by atoms with Gasteiger partial charge in [-0.3, -0.25) is 4.68 Å². The van der Waals surface area contributed by atoms with Crippen molar-refractivity contribution in [3.63, 3.8) is 0 Å². The van der Waals surface area contributed by atoms with Crippen molar-refractivity contribution in [1.82, 2.24) is 15.1 Å². The summed E-state index contributed by atoms with van der Waals surface area (Å²) in [5.74, 6) is 0. The van der Waals surface area contributed by atoms with Crippen LogP contribution in [0.15, 0.2) is 12.4 Å². The summed E-state index contributed by atoms with van der Waals surface area (Å²) in [6, 6.07) is 0.612. The van der Waals surface area contributed by atoms with Crippen LogP contribution < -0.4 is 10.2 Å². The number of nitrogens with zero attached hydrogens (tertiary/aromatic N) is 3. The van der Waals surface area contributed by atoms with Crippen molar-refractivity contribution in [3.05, 3.63) is 12.4 Å². The fourth-order valence-electron chi connectivity index (χ4n) is 3.68. The molecule has 1 N–H and O–H groups in total. The standard InChI is InChI=1S/C15H26N4/c1-3-13-9-16-15(7-5-6-8-15)12-19(13)14-10-17-18(4-2)11-14/h10-11,13,16H,3-9,12H2,1-2H3. The molecule has 19 heavy (non-hydrogen) atoms. The molecule has 106 valence electrons. The van der Waals surface area contributed by atoms with Crippen molar-refractivity contribution in [2.45, 2.75) is 64.1 Å². The summed E-state index contributed by atoms with van der Waals surface area (Å²) in [5.41, 5.74) is 1.68. The summed E-state index contributed by atoms with van der Waals surface area (Å²) >= 11 is 0. The largest absolute Gasteiger partial charge is 0.363 e. The normalized spacial score (nSPS) is 26.2. The highest BCUT2D eigenvalue weighted by Crippen LogP contribution is 2.35. The minimum absolute atomic E-state index is 0.375. The maximum absolute atomic E-state index is 4.45.